The quantitative estimate of drug-likeness (QED) is 0.717. The fraction of sp³-hybridized carbons (Fsp3) is 0.208. The number of hydrogen-bond donors (Lipinski definition) is 1. The van der Waals surface area contributed by atoms with Gasteiger partial charge < -0.3 is 10.2 Å². The lowest BCUT2D eigenvalue weighted by atomic mass is 10.1. The van der Waals surface area contributed by atoms with Crippen molar-refractivity contribution >= 4 is 23.2 Å². The number of amides is 2. The second-order valence-electron chi connectivity index (χ2n) is 7.33. The van der Waals surface area contributed by atoms with E-state index in [1.54, 1.807) is 29.4 Å². The average molecular weight is 385 g/mol. The first kappa shape index (κ1) is 18.9. The summed E-state index contributed by atoms with van der Waals surface area (Å²) in [6.45, 7) is 2.68. The second-order valence-corrected chi connectivity index (χ2v) is 7.33. The molecule has 0 aliphatic carbocycles. The molecule has 0 spiro atoms. The van der Waals surface area contributed by atoms with Gasteiger partial charge in [0.05, 0.1) is 5.56 Å². The van der Waals surface area contributed by atoms with E-state index in [1.165, 1.54) is 5.56 Å². The van der Waals surface area contributed by atoms with Gasteiger partial charge in [0.25, 0.3) is 5.91 Å². The Hall–Kier alpha value is -3.47. The summed E-state index contributed by atoms with van der Waals surface area (Å²) >= 11 is 0. The van der Waals surface area contributed by atoms with Crippen LogP contribution in [0.3, 0.4) is 0 Å². The van der Waals surface area contributed by atoms with Gasteiger partial charge in [0, 0.05) is 36.7 Å². The number of nitrogens with one attached hydrogen (secondary N) is 1. The lowest BCUT2D eigenvalue weighted by Crippen LogP contribution is -2.29. The maximum Gasteiger partial charge on any atom is 0.259 e. The van der Waals surface area contributed by atoms with E-state index in [0.717, 1.165) is 23.2 Å². The van der Waals surface area contributed by atoms with Crippen molar-refractivity contribution in [2.45, 2.75) is 26.2 Å². The van der Waals surface area contributed by atoms with Crippen LogP contribution in [0.1, 0.15) is 33.5 Å². The molecule has 0 bridgehead atoms. The highest BCUT2D eigenvalue weighted by molar-refractivity contribution is 6.07. The van der Waals surface area contributed by atoms with Gasteiger partial charge in [-0.25, -0.2) is 0 Å². The highest BCUT2D eigenvalue weighted by atomic mass is 16.2. The van der Waals surface area contributed by atoms with Crippen molar-refractivity contribution in [2.75, 3.05) is 16.8 Å². The Kier molecular flexibility index (Phi) is 5.38. The van der Waals surface area contributed by atoms with Crippen LogP contribution in [0.5, 0.6) is 0 Å². The van der Waals surface area contributed by atoms with E-state index in [1.807, 2.05) is 25.1 Å². The Labute approximate surface area is 170 Å². The smallest absolute Gasteiger partial charge is 0.259 e. The second kappa shape index (κ2) is 8.27. The topological polar surface area (TPSA) is 62.3 Å². The van der Waals surface area contributed by atoms with E-state index in [9.17, 15) is 9.59 Å². The molecule has 0 fully saturated rings. The third kappa shape index (κ3) is 4.35. The molecular weight excluding hydrogens is 362 g/mol. The number of benzene rings is 2. The van der Waals surface area contributed by atoms with Crippen molar-refractivity contribution in [1.29, 1.82) is 0 Å². The molecule has 3 aromatic rings. The van der Waals surface area contributed by atoms with E-state index in [2.05, 4.69) is 34.6 Å². The minimum Gasteiger partial charge on any atom is -0.326 e. The first-order chi connectivity index (χ1) is 14.1. The summed E-state index contributed by atoms with van der Waals surface area (Å²) in [7, 11) is 0. The zero-order chi connectivity index (χ0) is 20.2. The van der Waals surface area contributed by atoms with E-state index in [0.29, 0.717) is 30.6 Å². The number of aryl methyl sites for hydroxylation is 2. The minimum atomic E-state index is -0.0697. The summed E-state index contributed by atoms with van der Waals surface area (Å²) in [5, 5.41) is 2.96. The molecule has 0 unspecified atom stereocenters. The maximum atomic E-state index is 12.8. The first-order valence-corrected chi connectivity index (χ1v) is 9.80. The fourth-order valence-electron chi connectivity index (χ4n) is 3.55. The van der Waals surface area contributed by atoms with Crippen molar-refractivity contribution in [1.82, 2.24) is 4.98 Å². The molecule has 5 heteroatoms. The normalized spacial score (nSPS) is 12.5. The number of carbonyl (C=O) groups excluding carboxylic acids is 2. The lowest BCUT2D eigenvalue weighted by molar-refractivity contribution is -0.116. The Balaban J connectivity index is 1.43. The van der Waals surface area contributed by atoms with Crippen LogP contribution in [0.2, 0.25) is 0 Å². The molecule has 0 saturated heterocycles. The van der Waals surface area contributed by atoms with Gasteiger partial charge in [0.1, 0.15) is 0 Å². The number of anilines is 2. The first-order valence-electron chi connectivity index (χ1n) is 9.80. The molecule has 2 amide bonds. The van der Waals surface area contributed by atoms with Crippen molar-refractivity contribution in [3.63, 3.8) is 0 Å². The van der Waals surface area contributed by atoms with Crippen molar-refractivity contribution in [3.05, 3.63) is 89.2 Å². The van der Waals surface area contributed by atoms with Crippen LogP contribution in [-0.4, -0.2) is 23.3 Å². The summed E-state index contributed by atoms with van der Waals surface area (Å²) in [6.07, 6.45) is 5.15. The SMILES string of the molecule is Cc1ccc(CCC(=O)Nc2ccc3c(c2)N(C(=O)c2cccnc2)CC3)cc1. The summed E-state index contributed by atoms with van der Waals surface area (Å²) < 4.78 is 0. The molecule has 1 aromatic heterocycles. The molecule has 0 saturated carbocycles. The molecular formula is C24H23N3O2. The number of carbonyl (C=O) groups is 2. The number of aromatic nitrogens is 1. The Morgan fingerprint density at radius 3 is 2.69 bits per heavy atom. The van der Waals surface area contributed by atoms with Gasteiger partial charge >= 0.3 is 0 Å². The van der Waals surface area contributed by atoms with Crippen molar-refractivity contribution in [2.24, 2.45) is 0 Å². The average Bonchev–Trinajstić information content (AvgIpc) is 3.16. The van der Waals surface area contributed by atoms with Gasteiger partial charge in [0.15, 0.2) is 0 Å². The Bertz CT molecular complexity index is 1030. The molecule has 146 valence electrons. The molecule has 1 aliphatic rings. The third-order valence-electron chi connectivity index (χ3n) is 5.18. The van der Waals surface area contributed by atoms with E-state index >= 15 is 0 Å². The molecule has 1 N–H and O–H groups in total. The fourth-order valence-corrected chi connectivity index (χ4v) is 3.55. The van der Waals surface area contributed by atoms with Crippen LogP contribution in [-0.2, 0) is 17.6 Å². The predicted octanol–water partition coefficient (Wildman–Crippen LogP) is 4.16. The molecule has 1 aliphatic heterocycles. The van der Waals surface area contributed by atoms with Crippen LogP contribution in [0.4, 0.5) is 11.4 Å². The van der Waals surface area contributed by atoms with Crippen molar-refractivity contribution in [3.8, 4) is 0 Å². The number of nitrogens with zero attached hydrogens (tertiary/aromatic N) is 2. The summed E-state index contributed by atoms with van der Waals surface area (Å²) in [6, 6.07) is 17.5. The monoisotopic (exact) mass is 385 g/mol. The van der Waals surface area contributed by atoms with Crippen LogP contribution in [0.25, 0.3) is 0 Å². The Morgan fingerprint density at radius 1 is 1.10 bits per heavy atom. The summed E-state index contributed by atoms with van der Waals surface area (Å²) in [5.74, 6) is -0.103. The van der Waals surface area contributed by atoms with Gasteiger partial charge in [-0.15, -0.1) is 0 Å². The van der Waals surface area contributed by atoms with Crippen LogP contribution in [0, 0.1) is 6.92 Å². The van der Waals surface area contributed by atoms with Gasteiger partial charge in [0.2, 0.25) is 5.91 Å². The molecule has 29 heavy (non-hydrogen) atoms. The molecule has 2 heterocycles. The van der Waals surface area contributed by atoms with E-state index in [4.69, 9.17) is 0 Å². The van der Waals surface area contributed by atoms with Gasteiger partial charge in [-0.2, -0.15) is 0 Å². The lowest BCUT2D eigenvalue weighted by Gasteiger charge is -2.18. The van der Waals surface area contributed by atoms with Gasteiger partial charge in [-0.3, -0.25) is 14.6 Å². The van der Waals surface area contributed by atoms with Crippen molar-refractivity contribution < 1.29 is 9.59 Å². The van der Waals surface area contributed by atoms with Gasteiger partial charge in [-0.1, -0.05) is 35.9 Å². The van der Waals surface area contributed by atoms with Crippen LogP contribution >= 0.6 is 0 Å². The number of pyridine rings is 1. The predicted molar refractivity (Wildman–Crippen MR) is 114 cm³/mol. The number of hydrogen-bond acceptors (Lipinski definition) is 3. The zero-order valence-corrected chi connectivity index (χ0v) is 16.4. The molecule has 4 rings (SSSR count). The van der Waals surface area contributed by atoms with Gasteiger partial charge in [-0.05, 0) is 55.2 Å². The minimum absolute atomic E-state index is 0.0337. The molecule has 5 nitrogen and oxygen atoms in total. The Morgan fingerprint density at radius 2 is 1.93 bits per heavy atom. The summed E-state index contributed by atoms with van der Waals surface area (Å²) in [4.78, 5) is 31.0. The third-order valence-corrected chi connectivity index (χ3v) is 5.18. The maximum absolute atomic E-state index is 12.8. The van der Waals surface area contributed by atoms with Crippen LogP contribution < -0.4 is 10.2 Å². The molecule has 2 aromatic carbocycles. The standard InChI is InChI=1S/C24H23N3O2/c1-17-4-6-18(7-5-17)8-11-23(28)26-21-10-9-19-12-14-27(22(19)15-21)24(29)20-3-2-13-25-16-20/h2-7,9-10,13,15-16H,8,11-12,14H2,1H3,(H,26,28). The highest BCUT2D eigenvalue weighted by Crippen LogP contribution is 2.32. The summed E-state index contributed by atoms with van der Waals surface area (Å²) in [5.41, 5.74) is 5.60. The molecule has 0 radical (unpaired) electrons. The van der Waals surface area contributed by atoms with E-state index < -0.39 is 0 Å². The highest BCUT2D eigenvalue weighted by Gasteiger charge is 2.26. The number of fused-ring (bicyclic) bond motifs is 1. The number of rotatable bonds is 5. The molecule has 0 atom stereocenters. The largest absolute Gasteiger partial charge is 0.326 e. The van der Waals surface area contributed by atoms with Crippen LogP contribution in [0.15, 0.2) is 67.0 Å². The zero-order valence-electron chi connectivity index (χ0n) is 16.4. The van der Waals surface area contributed by atoms with E-state index in [-0.39, 0.29) is 11.8 Å².